The van der Waals surface area contributed by atoms with Crippen LogP contribution in [0.5, 0.6) is 0 Å². The van der Waals surface area contributed by atoms with Gasteiger partial charge in [-0.1, -0.05) is 26.0 Å². The van der Waals surface area contributed by atoms with E-state index in [0.717, 1.165) is 17.8 Å². The van der Waals surface area contributed by atoms with Crippen LogP contribution in [0, 0.1) is 17.6 Å². The molecule has 0 bridgehead atoms. The zero-order chi connectivity index (χ0) is 20.3. The average molecular weight is 386 g/mol. The Labute approximate surface area is 163 Å². The lowest BCUT2D eigenvalue weighted by atomic mass is 9.96. The summed E-state index contributed by atoms with van der Waals surface area (Å²) in [6.07, 6.45) is 1.36. The summed E-state index contributed by atoms with van der Waals surface area (Å²) >= 11 is 0. The zero-order valence-corrected chi connectivity index (χ0v) is 16.0. The molecule has 1 saturated heterocycles. The van der Waals surface area contributed by atoms with Crippen molar-refractivity contribution >= 4 is 17.5 Å². The number of piperidine rings is 1. The average Bonchev–Trinajstić information content (AvgIpc) is 2.70. The van der Waals surface area contributed by atoms with Crippen molar-refractivity contribution in [2.75, 3.05) is 18.4 Å². The minimum atomic E-state index is -1.05. The zero-order valence-electron chi connectivity index (χ0n) is 16.0. The van der Waals surface area contributed by atoms with Crippen LogP contribution < -0.4 is 5.32 Å². The number of anilines is 1. The van der Waals surface area contributed by atoms with Crippen LogP contribution >= 0.6 is 0 Å². The van der Waals surface area contributed by atoms with Crippen molar-refractivity contribution in [2.24, 2.45) is 5.92 Å². The normalized spacial score (nSPS) is 16.9. The largest absolute Gasteiger partial charge is 0.338 e. The van der Waals surface area contributed by atoms with Crippen LogP contribution in [0.25, 0.3) is 0 Å². The highest BCUT2D eigenvalue weighted by molar-refractivity contribution is 5.96. The first-order valence-electron chi connectivity index (χ1n) is 9.50. The molecule has 1 fully saturated rings. The lowest BCUT2D eigenvalue weighted by molar-refractivity contribution is -0.121. The quantitative estimate of drug-likeness (QED) is 0.836. The van der Waals surface area contributed by atoms with Gasteiger partial charge in [0.05, 0.1) is 5.92 Å². The van der Waals surface area contributed by atoms with Gasteiger partial charge in [-0.3, -0.25) is 9.59 Å². The number of rotatable bonds is 4. The molecule has 4 nitrogen and oxygen atoms in total. The van der Waals surface area contributed by atoms with Gasteiger partial charge in [0.1, 0.15) is 0 Å². The van der Waals surface area contributed by atoms with E-state index < -0.39 is 17.5 Å². The summed E-state index contributed by atoms with van der Waals surface area (Å²) in [6.45, 7) is 4.96. The fourth-order valence-corrected chi connectivity index (χ4v) is 3.38. The highest BCUT2D eigenvalue weighted by Crippen LogP contribution is 2.22. The topological polar surface area (TPSA) is 49.4 Å². The number of carbonyl (C=O) groups excluding carboxylic acids is 2. The lowest BCUT2D eigenvalue weighted by Crippen LogP contribution is -2.43. The predicted octanol–water partition coefficient (Wildman–Crippen LogP) is 4.58. The summed E-state index contributed by atoms with van der Waals surface area (Å²) in [5.41, 5.74) is 2.00. The van der Waals surface area contributed by atoms with Gasteiger partial charge in [-0.2, -0.15) is 0 Å². The van der Waals surface area contributed by atoms with E-state index in [4.69, 9.17) is 0 Å². The molecule has 1 atom stereocenters. The van der Waals surface area contributed by atoms with Crippen LogP contribution in [-0.2, 0) is 4.79 Å². The molecule has 0 radical (unpaired) electrons. The standard InChI is InChI=1S/C22H24F2N2O2/c1-14(2)15-5-8-18(9-6-15)25-21(27)17-4-3-11-26(13-17)22(28)16-7-10-19(23)20(24)12-16/h5-10,12,14,17H,3-4,11,13H2,1-2H3,(H,25,27)/t17-/m0/s1. The SMILES string of the molecule is CC(C)c1ccc(NC(=O)[C@H]2CCCN(C(=O)c3ccc(F)c(F)c3)C2)cc1. The molecule has 2 amide bonds. The summed E-state index contributed by atoms with van der Waals surface area (Å²) in [7, 11) is 0. The minimum Gasteiger partial charge on any atom is -0.338 e. The number of amides is 2. The van der Waals surface area contributed by atoms with E-state index in [9.17, 15) is 18.4 Å². The molecule has 1 aliphatic heterocycles. The Morgan fingerprint density at radius 1 is 1.07 bits per heavy atom. The number of likely N-dealkylation sites (tertiary alicyclic amines) is 1. The van der Waals surface area contributed by atoms with Crippen molar-refractivity contribution in [1.82, 2.24) is 4.90 Å². The van der Waals surface area contributed by atoms with E-state index in [0.29, 0.717) is 25.3 Å². The summed E-state index contributed by atoms with van der Waals surface area (Å²) in [4.78, 5) is 26.8. The summed E-state index contributed by atoms with van der Waals surface area (Å²) in [6, 6.07) is 10.8. The van der Waals surface area contributed by atoms with Crippen LogP contribution in [0.2, 0.25) is 0 Å². The van der Waals surface area contributed by atoms with Crippen molar-refractivity contribution in [3.8, 4) is 0 Å². The Morgan fingerprint density at radius 2 is 1.79 bits per heavy atom. The van der Waals surface area contributed by atoms with E-state index in [1.807, 2.05) is 24.3 Å². The maximum absolute atomic E-state index is 13.4. The molecule has 1 aliphatic rings. The van der Waals surface area contributed by atoms with Crippen LogP contribution in [0.1, 0.15) is 48.5 Å². The van der Waals surface area contributed by atoms with Crippen LogP contribution in [-0.4, -0.2) is 29.8 Å². The number of halogens is 2. The molecule has 2 aromatic carbocycles. The molecule has 28 heavy (non-hydrogen) atoms. The first-order chi connectivity index (χ1) is 13.3. The number of hydrogen-bond donors (Lipinski definition) is 1. The first-order valence-corrected chi connectivity index (χ1v) is 9.50. The van der Waals surface area contributed by atoms with Gasteiger partial charge in [0.15, 0.2) is 11.6 Å². The van der Waals surface area contributed by atoms with Crippen molar-refractivity contribution in [2.45, 2.75) is 32.6 Å². The minimum absolute atomic E-state index is 0.0873. The third-order valence-electron chi connectivity index (χ3n) is 5.09. The summed E-state index contributed by atoms with van der Waals surface area (Å²) < 4.78 is 26.5. The van der Waals surface area contributed by atoms with Gasteiger partial charge in [0, 0.05) is 24.3 Å². The number of hydrogen-bond acceptors (Lipinski definition) is 2. The van der Waals surface area contributed by atoms with Crippen LogP contribution in [0.4, 0.5) is 14.5 Å². The van der Waals surface area contributed by atoms with Crippen molar-refractivity contribution in [3.05, 3.63) is 65.2 Å². The summed E-state index contributed by atoms with van der Waals surface area (Å²) in [5.74, 6) is -2.50. The van der Waals surface area contributed by atoms with Gasteiger partial charge >= 0.3 is 0 Å². The first kappa shape index (κ1) is 20.0. The summed E-state index contributed by atoms with van der Waals surface area (Å²) in [5, 5.41) is 2.91. The maximum atomic E-state index is 13.4. The van der Waals surface area contributed by atoms with Gasteiger partial charge in [-0.05, 0) is 54.7 Å². The molecule has 1 N–H and O–H groups in total. The Morgan fingerprint density at radius 3 is 2.43 bits per heavy atom. The van der Waals surface area contributed by atoms with E-state index >= 15 is 0 Å². The van der Waals surface area contributed by atoms with E-state index in [1.165, 1.54) is 16.5 Å². The van der Waals surface area contributed by atoms with Gasteiger partial charge < -0.3 is 10.2 Å². The number of nitrogens with zero attached hydrogens (tertiary/aromatic N) is 1. The molecule has 148 valence electrons. The Hall–Kier alpha value is -2.76. The third-order valence-corrected chi connectivity index (χ3v) is 5.09. The van der Waals surface area contributed by atoms with Gasteiger partial charge in [-0.15, -0.1) is 0 Å². The molecule has 3 rings (SSSR count). The van der Waals surface area contributed by atoms with E-state index in [-0.39, 0.29) is 23.9 Å². The molecule has 1 heterocycles. The fourth-order valence-electron chi connectivity index (χ4n) is 3.38. The predicted molar refractivity (Wildman–Crippen MR) is 104 cm³/mol. The molecule has 0 aliphatic carbocycles. The Bertz CT molecular complexity index is 865. The Balaban J connectivity index is 1.64. The second kappa shape index (κ2) is 8.50. The molecule has 6 heteroatoms. The smallest absolute Gasteiger partial charge is 0.253 e. The number of benzene rings is 2. The highest BCUT2D eigenvalue weighted by Gasteiger charge is 2.29. The van der Waals surface area contributed by atoms with Gasteiger partial charge in [0.25, 0.3) is 5.91 Å². The highest BCUT2D eigenvalue weighted by atomic mass is 19.2. The second-order valence-electron chi connectivity index (χ2n) is 7.49. The molecule has 0 aromatic heterocycles. The third kappa shape index (κ3) is 4.55. The molecule has 0 spiro atoms. The molecule has 2 aromatic rings. The lowest BCUT2D eigenvalue weighted by Gasteiger charge is -2.32. The fraction of sp³-hybridized carbons (Fsp3) is 0.364. The van der Waals surface area contributed by atoms with Crippen molar-refractivity contribution < 1.29 is 18.4 Å². The van der Waals surface area contributed by atoms with Crippen LogP contribution in [0.3, 0.4) is 0 Å². The Kier molecular flexibility index (Phi) is 6.07. The van der Waals surface area contributed by atoms with Gasteiger partial charge in [-0.25, -0.2) is 8.78 Å². The monoisotopic (exact) mass is 386 g/mol. The second-order valence-corrected chi connectivity index (χ2v) is 7.49. The molecular weight excluding hydrogens is 362 g/mol. The van der Waals surface area contributed by atoms with Gasteiger partial charge in [0.2, 0.25) is 5.91 Å². The van der Waals surface area contributed by atoms with E-state index in [1.54, 1.807) is 0 Å². The van der Waals surface area contributed by atoms with E-state index in [2.05, 4.69) is 19.2 Å². The molecular formula is C22H24F2N2O2. The van der Waals surface area contributed by atoms with Crippen molar-refractivity contribution in [3.63, 3.8) is 0 Å². The number of carbonyl (C=O) groups is 2. The van der Waals surface area contributed by atoms with Crippen molar-refractivity contribution in [1.29, 1.82) is 0 Å². The van der Waals surface area contributed by atoms with Crippen LogP contribution in [0.15, 0.2) is 42.5 Å². The molecule has 0 unspecified atom stereocenters. The number of nitrogens with one attached hydrogen (secondary N) is 1. The maximum Gasteiger partial charge on any atom is 0.253 e. The molecule has 0 saturated carbocycles.